The fourth-order valence-electron chi connectivity index (χ4n) is 2.09. The minimum absolute atomic E-state index is 0.0152. The predicted molar refractivity (Wildman–Crippen MR) is 96.5 cm³/mol. The van der Waals surface area contributed by atoms with Gasteiger partial charge in [-0.15, -0.1) is 22.7 Å². The van der Waals surface area contributed by atoms with Crippen LogP contribution in [0.5, 0.6) is 5.75 Å². The van der Waals surface area contributed by atoms with E-state index in [2.05, 4.69) is 4.98 Å². The van der Waals surface area contributed by atoms with Gasteiger partial charge in [0.2, 0.25) is 0 Å². The summed E-state index contributed by atoms with van der Waals surface area (Å²) in [7, 11) is 1.63. The van der Waals surface area contributed by atoms with Crippen LogP contribution in [0.15, 0.2) is 47.9 Å². The van der Waals surface area contributed by atoms with Crippen molar-refractivity contribution in [3.8, 4) is 15.6 Å². The standard InChI is InChI=1S/C18H15NO2S2/c1-12-17(23-18(19-12)16-4-3-11-22-16)15(20)10-7-13-5-8-14(21-2)9-6-13/h3-11H,1-2H3/b10-7-. The van der Waals surface area contributed by atoms with Gasteiger partial charge in [-0.3, -0.25) is 4.79 Å². The third-order valence-corrected chi connectivity index (χ3v) is 5.51. The maximum Gasteiger partial charge on any atom is 0.197 e. The molecule has 3 nitrogen and oxygen atoms in total. The van der Waals surface area contributed by atoms with Crippen LogP contribution in [0.3, 0.4) is 0 Å². The van der Waals surface area contributed by atoms with Crippen LogP contribution in [0.2, 0.25) is 0 Å². The van der Waals surface area contributed by atoms with Gasteiger partial charge in [0, 0.05) is 0 Å². The number of hydrogen-bond acceptors (Lipinski definition) is 5. The Hall–Kier alpha value is -2.24. The second kappa shape index (κ2) is 6.89. The molecule has 0 fully saturated rings. The highest BCUT2D eigenvalue weighted by Gasteiger charge is 2.14. The zero-order valence-electron chi connectivity index (χ0n) is 12.8. The number of rotatable bonds is 5. The van der Waals surface area contributed by atoms with Crippen LogP contribution in [0.4, 0.5) is 0 Å². The molecular formula is C18H15NO2S2. The number of carbonyl (C=O) groups excluding carboxylic acids is 1. The van der Waals surface area contributed by atoms with Crippen LogP contribution in [0.1, 0.15) is 20.9 Å². The maximum atomic E-state index is 12.4. The van der Waals surface area contributed by atoms with E-state index in [0.717, 1.165) is 26.9 Å². The highest BCUT2D eigenvalue weighted by atomic mass is 32.1. The number of methoxy groups -OCH3 is 1. The van der Waals surface area contributed by atoms with E-state index in [1.807, 2.05) is 54.8 Å². The molecule has 23 heavy (non-hydrogen) atoms. The van der Waals surface area contributed by atoms with Gasteiger partial charge in [-0.2, -0.15) is 0 Å². The lowest BCUT2D eigenvalue weighted by molar-refractivity contribution is 0.105. The minimum atomic E-state index is -0.0152. The second-order valence-corrected chi connectivity index (χ2v) is 6.83. The number of aryl methyl sites for hydroxylation is 1. The fourth-order valence-corrected chi connectivity index (χ4v) is 3.88. The molecule has 116 valence electrons. The van der Waals surface area contributed by atoms with Crippen molar-refractivity contribution < 1.29 is 9.53 Å². The molecule has 0 spiro atoms. The molecule has 5 heteroatoms. The number of ketones is 1. The number of carbonyl (C=O) groups is 1. The van der Waals surface area contributed by atoms with E-state index >= 15 is 0 Å². The molecule has 1 aromatic carbocycles. The van der Waals surface area contributed by atoms with Crippen LogP contribution in [0.25, 0.3) is 16.0 Å². The largest absolute Gasteiger partial charge is 0.497 e. The quantitative estimate of drug-likeness (QED) is 0.479. The van der Waals surface area contributed by atoms with E-state index < -0.39 is 0 Å². The van der Waals surface area contributed by atoms with Crippen molar-refractivity contribution in [2.75, 3.05) is 7.11 Å². The van der Waals surface area contributed by atoms with Crippen molar-refractivity contribution >= 4 is 34.5 Å². The van der Waals surface area contributed by atoms with E-state index in [1.165, 1.54) is 11.3 Å². The molecule has 2 heterocycles. The summed E-state index contributed by atoms with van der Waals surface area (Å²) in [5.74, 6) is 0.783. The van der Waals surface area contributed by atoms with Gasteiger partial charge in [-0.05, 0) is 42.1 Å². The molecule has 0 aliphatic rings. The first-order valence-corrected chi connectivity index (χ1v) is 8.75. The van der Waals surface area contributed by atoms with E-state index in [1.54, 1.807) is 24.5 Å². The number of thiophene rings is 1. The van der Waals surface area contributed by atoms with E-state index in [4.69, 9.17) is 4.74 Å². The monoisotopic (exact) mass is 341 g/mol. The first-order chi connectivity index (χ1) is 11.2. The van der Waals surface area contributed by atoms with Gasteiger partial charge in [0.25, 0.3) is 0 Å². The number of hydrogen-bond donors (Lipinski definition) is 0. The Morgan fingerprint density at radius 1 is 1.22 bits per heavy atom. The molecule has 0 amide bonds. The van der Waals surface area contributed by atoms with Gasteiger partial charge in [-0.1, -0.05) is 24.3 Å². The van der Waals surface area contributed by atoms with Crippen molar-refractivity contribution in [3.05, 3.63) is 64.0 Å². The van der Waals surface area contributed by atoms with Crippen LogP contribution in [-0.2, 0) is 0 Å². The molecule has 0 radical (unpaired) electrons. The van der Waals surface area contributed by atoms with Crippen molar-refractivity contribution in [2.45, 2.75) is 6.92 Å². The Morgan fingerprint density at radius 2 is 2.00 bits per heavy atom. The number of thiazole rings is 1. The molecule has 3 aromatic rings. The van der Waals surface area contributed by atoms with Gasteiger partial charge >= 0.3 is 0 Å². The molecule has 0 aliphatic heterocycles. The van der Waals surface area contributed by atoms with Crippen molar-refractivity contribution in [1.82, 2.24) is 4.98 Å². The summed E-state index contributed by atoms with van der Waals surface area (Å²) in [4.78, 5) is 18.7. The molecule has 0 aliphatic carbocycles. The Labute approximate surface area is 142 Å². The van der Waals surface area contributed by atoms with Crippen molar-refractivity contribution in [3.63, 3.8) is 0 Å². The number of aromatic nitrogens is 1. The summed E-state index contributed by atoms with van der Waals surface area (Å²) >= 11 is 3.08. The average molecular weight is 341 g/mol. The lowest BCUT2D eigenvalue weighted by Crippen LogP contribution is -1.93. The molecule has 2 aromatic heterocycles. The third-order valence-electron chi connectivity index (χ3n) is 3.30. The SMILES string of the molecule is COc1ccc(/C=C\C(=O)c2sc(-c3cccs3)nc2C)cc1. The lowest BCUT2D eigenvalue weighted by Gasteiger charge is -1.98. The summed E-state index contributed by atoms with van der Waals surface area (Å²) in [6.45, 7) is 1.88. The normalized spacial score (nSPS) is 11.0. The highest BCUT2D eigenvalue weighted by molar-refractivity contribution is 7.22. The Bertz CT molecular complexity index is 831. The lowest BCUT2D eigenvalue weighted by atomic mass is 10.1. The molecular weight excluding hydrogens is 326 g/mol. The maximum absolute atomic E-state index is 12.4. The summed E-state index contributed by atoms with van der Waals surface area (Å²) in [5, 5.41) is 2.91. The molecule has 0 N–H and O–H groups in total. The zero-order chi connectivity index (χ0) is 16.2. The zero-order valence-corrected chi connectivity index (χ0v) is 14.4. The molecule has 0 bridgehead atoms. The molecule has 0 saturated carbocycles. The van der Waals surface area contributed by atoms with Gasteiger partial charge in [0.05, 0.1) is 22.6 Å². The van der Waals surface area contributed by atoms with Gasteiger partial charge in [0.15, 0.2) is 5.78 Å². The minimum Gasteiger partial charge on any atom is -0.497 e. The van der Waals surface area contributed by atoms with Crippen molar-refractivity contribution in [2.24, 2.45) is 0 Å². The molecule has 3 rings (SSSR count). The number of allylic oxidation sites excluding steroid dienone is 1. The Kier molecular flexibility index (Phi) is 4.69. The van der Waals surface area contributed by atoms with E-state index in [-0.39, 0.29) is 5.78 Å². The van der Waals surface area contributed by atoms with Crippen LogP contribution in [0, 0.1) is 6.92 Å². The summed E-state index contributed by atoms with van der Waals surface area (Å²) in [5.41, 5.74) is 1.74. The van der Waals surface area contributed by atoms with E-state index in [9.17, 15) is 4.79 Å². The average Bonchev–Trinajstić information content (AvgIpc) is 3.22. The second-order valence-electron chi connectivity index (χ2n) is 4.88. The van der Waals surface area contributed by atoms with Crippen molar-refractivity contribution in [1.29, 1.82) is 0 Å². The first kappa shape index (κ1) is 15.6. The summed E-state index contributed by atoms with van der Waals surface area (Å²) in [6.07, 6.45) is 3.41. The fraction of sp³-hybridized carbons (Fsp3) is 0.111. The van der Waals surface area contributed by atoms with Gasteiger partial charge in [-0.25, -0.2) is 4.98 Å². The van der Waals surface area contributed by atoms with Crippen LogP contribution < -0.4 is 4.74 Å². The van der Waals surface area contributed by atoms with Crippen LogP contribution >= 0.6 is 22.7 Å². The molecule has 0 atom stereocenters. The van der Waals surface area contributed by atoms with E-state index in [0.29, 0.717) is 4.88 Å². The smallest absolute Gasteiger partial charge is 0.197 e. The first-order valence-electron chi connectivity index (χ1n) is 7.05. The highest BCUT2D eigenvalue weighted by Crippen LogP contribution is 2.31. The molecule has 0 unspecified atom stereocenters. The molecule has 0 saturated heterocycles. The number of ether oxygens (including phenoxy) is 1. The van der Waals surface area contributed by atoms with Gasteiger partial charge in [0.1, 0.15) is 10.8 Å². The number of benzene rings is 1. The van der Waals surface area contributed by atoms with Gasteiger partial charge < -0.3 is 4.74 Å². The predicted octanol–water partition coefficient (Wildman–Crippen LogP) is 5.08. The number of nitrogens with zero attached hydrogens (tertiary/aromatic N) is 1. The Morgan fingerprint density at radius 3 is 2.65 bits per heavy atom. The van der Waals surface area contributed by atoms with Crippen LogP contribution in [-0.4, -0.2) is 17.9 Å². The summed E-state index contributed by atoms with van der Waals surface area (Å²) in [6, 6.07) is 11.6. The summed E-state index contributed by atoms with van der Waals surface area (Å²) < 4.78 is 5.12. The topological polar surface area (TPSA) is 39.2 Å². The Balaban J connectivity index is 1.78. The third kappa shape index (κ3) is 3.57.